The van der Waals surface area contributed by atoms with Gasteiger partial charge >= 0.3 is 0 Å². The summed E-state index contributed by atoms with van der Waals surface area (Å²) in [6, 6.07) is 0. The van der Waals surface area contributed by atoms with Gasteiger partial charge in [0.1, 0.15) is 0 Å². The predicted molar refractivity (Wildman–Crippen MR) is 135 cm³/mol. The molecule has 0 spiro atoms. The molecule has 2 unspecified atom stereocenters. The van der Waals surface area contributed by atoms with Crippen LogP contribution in [0.5, 0.6) is 0 Å². The summed E-state index contributed by atoms with van der Waals surface area (Å²) in [5, 5.41) is 0. The van der Waals surface area contributed by atoms with Crippen LogP contribution in [-0.2, 0) is 0 Å². The fourth-order valence-corrected chi connectivity index (χ4v) is 7.18. The highest BCUT2D eigenvalue weighted by Gasteiger charge is 2.14. The number of allylic oxidation sites excluding steroid dienone is 4. The summed E-state index contributed by atoms with van der Waals surface area (Å²) in [5.41, 5.74) is 0. The van der Waals surface area contributed by atoms with Gasteiger partial charge in [0.05, 0.1) is 0 Å². The number of hydrogen-bond acceptors (Lipinski definition) is 4. The standard InChI is InChI=1S/C22H42S4/c1-7-11-13-19(17-23-5)15-21(9-3)25-26-22(10-4)16-20(18-24-6)14-12-8-2/h9-10,19-20H,7-8,11-18H2,1-6H3. The minimum absolute atomic E-state index is 0.840. The van der Waals surface area contributed by atoms with E-state index in [1.165, 1.54) is 62.9 Å². The molecule has 0 N–H and O–H groups in total. The van der Waals surface area contributed by atoms with E-state index in [1.807, 2.05) is 45.1 Å². The van der Waals surface area contributed by atoms with Crippen molar-refractivity contribution in [1.82, 2.24) is 0 Å². The molecule has 0 aromatic rings. The average molecular weight is 435 g/mol. The molecule has 0 bridgehead atoms. The Hall–Kier alpha value is 0.880. The maximum absolute atomic E-state index is 2.35. The van der Waals surface area contributed by atoms with Crippen LogP contribution in [0.2, 0.25) is 0 Å². The summed E-state index contributed by atoms with van der Waals surface area (Å²) in [4.78, 5) is 3.14. The number of unbranched alkanes of at least 4 members (excludes halogenated alkanes) is 2. The monoisotopic (exact) mass is 434 g/mol. The average Bonchev–Trinajstić information content (AvgIpc) is 2.65. The van der Waals surface area contributed by atoms with Gasteiger partial charge < -0.3 is 0 Å². The number of hydrogen-bond donors (Lipinski definition) is 0. The number of thioether (sulfide) groups is 2. The van der Waals surface area contributed by atoms with Crippen molar-refractivity contribution in [1.29, 1.82) is 0 Å². The molecule has 0 rings (SSSR count). The normalized spacial score (nSPS) is 15.3. The fraction of sp³-hybridized carbons (Fsp3) is 0.818. The summed E-state index contributed by atoms with van der Waals surface area (Å²) in [5.74, 6) is 4.27. The molecule has 0 fully saturated rings. The van der Waals surface area contributed by atoms with Crippen molar-refractivity contribution in [2.45, 2.75) is 79.1 Å². The van der Waals surface area contributed by atoms with Crippen molar-refractivity contribution in [3.05, 3.63) is 22.0 Å². The van der Waals surface area contributed by atoms with E-state index in [0.717, 1.165) is 11.8 Å². The number of rotatable bonds is 17. The Morgan fingerprint density at radius 2 is 1.12 bits per heavy atom. The lowest BCUT2D eigenvalue weighted by Gasteiger charge is -2.19. The molecule has 0 radical (unpaired) electrons. The van der Waals surface area contributed by atoms with Gasteiger partial charge in [0.25, 0.3) is 0 Å². The lowest BCUT2D eigenvalue weighted by Crippen LogP contribution is -2.05. The zero-order valence-corrected chi connectivity index (χ0v) is 21.3. The Morgan fingerprint density at radius 3 is 1.38 bits per heavy atom. The van der Waals surface area contributed by atoms with Crippen LogP contribution >= 0.6 is 45.1 Å². The Balaban J connectivity index is 4.56. The first kappa shape index (κ1) is 26.9. The van der Waals surface area contributed by atoms with Gasteiger partial charge in [0.15, 0.2) is 0 Å². The third-order valence-electron chi connectivity index (χ3n) is 4.62. The maximum atomic E-state index is 2.35. The largest absolute Gasteiger partial charge is 0.165 e. The Bertz CT molecular complexity index is 340. The van der Waals surface area contributed by atoms with Crippen molar-refractivity contribution in [3.8, 4) is 0 Å². The van der Waals surface area contributed by atoms with Crippen LogP contribution in [0.15, 0.2) is 22.0 Å². The SMILES string of the molecule is CC=C(CC(CCCC)CSC)SSC(=CC)CC(CCCC)CSC. The van der Waals surface area contributed by atoms with Crippen molar-refractivity contribution in [2.75, 3.05) is 24.0 Å². The second-order valence-corrected chi connectivity index (χ2v) is 11.2. The molecule has 0 aliphatic heterocycles. The molecular formula is C22H42S4. The van der Waals surface area contributed by atoms with Crippen LogP contribution in [0.25, 0.3) is 0 Å². The molecule has 0 amide bonds. The zero-order valence-electron chi connectivity index (χ0n) is 18.0. The lowest BCUT2D eigenvalue weighted by atomic mass is 10.0. The first-order valence-electron chi connectivity index (χ1n) is 10.3. The molecular weight excluding hydrogens is 393 g/mol. The van der Waals surface area contributed by atoms with E-state index in [1.54, 1.807) is 9.81 Å². The van der Waals surface area contributed by atoms with E-state index in [9.17, 15) is 0 Å². The van der Waals surface area contributed by atoms with E-state index in [-0.39, 0.29) is 0 Å². The van der Waals surface area contributed by atoms with Gasteiger partial charge in [-0.1, -0.05) is 73.3 Å². The van der Waals surface area contributed by atoms with Gasteiger partial charge in [0, 0.05) is 0 Å². The van der Waals surface area contributed by atoms with Crippen molar-refractivity contribution < 1.29 is 0 Å². The Morgan fingerprint density at radius 1 is 0.731 bits per heavy atom. The van der Waals surface area contributed by atoms with Gasteiger partial charge in [0.2, 0.25) is 0 Å². The molecule has 0 aromatic heterocycles. The minimum atomic E-state index is 0.840. The molecule has 0 aromatic carbocycles. The molecule has 2 atom stereocenters. The van der Waals surface area contributed by atoms with Crippen molar-refractivity contribution in [3.63, 3.8) is 0 Å². The van der Waals surface area contributed by atoms with Gasteiger partial charge in [-0.3, -0.25) is 0 Å². The molecule has 0 nitrogen and oxygen atoms in total. The van der Waals surface area contributed by atoms with Crippen LogP contribution in [0.3, 0.4) is 0 Å². The molecule has 154 valence electrons. The van der Waals surface area contributed by atoms with Crippen LogP contribution in [0, 0.1) is 11.8 Å². The van der Waals surface area contributed by atoms with E-state index >= 15 is 0 Å². The van der Waals surface area contributed by atoms with Crippen LogP contribution in [0.1, 0.15) is 79.1 Å². The summed E-state index contributed by atoms with van der Waals surface area (Å²) in [6.07, 6.45) is 19.8. The lowest BCUT2D eigenvalue weighted by molar-refractivity contribution is 0.517. The molecule has 0 aliphatic carbocycles. The summed E-state index contributed by atoms with van der Waals surface area (Å²) >= 11 is 4.01. The third-order valence-corrected chi connectivity index (χ3v) is 9.08. The smallest absolute Gasteiger partial charge is 0.00385 e. The summed E-state index contributed by atoms with van der Waals surface area (Å²) in [7, 11) is 4.04. The predicted octanol–water partition coefficient (Wildman–Crippen LogP) is 9.29. The molecule has 4 heteroatoms. The first-order valence-corrected chi connectivity index (χ1v) is 15.2. The van der Waals surface area contributed by atoms with Crippen molar-refractivity contribution in [2.24, 2.45) is 11.8 Å². The molecule has 0 heterocycles. The maximum Gasteiger partial charge on any atom is -0.00385 e. The van der Waals surface area contributed by atoms with E-state index in [4.69, 9.17) is 0 Å². The van der Waals surface area contributed by atoms with E-state index < -0.39 is 0 Å². The van der Waals surface area contributed by atoms with Gasteiger partial charge in [-0.2, -0.15) is 23.5 Å². The van der Waals surface area contributed by atoms with Crippen molar-refractivity contribution >= 4 is 45.1 Å². The Kier molecular flexibility index (Phi) is 19.9. The topological polar surface area (TPSA) is 0 Å². The summed E-state index contributed by atoms with van der Waals surface area (Å²) < 4.78 is 0. The quantitative estimate of drug-likeness (QED) is 0.209. The fourth-order valence-electron chi connectivity index (χ4n) is 3.02. The highest BCUT2D eigenvalue weighted by Crippen LogP contribution is 2.42. The highest BCUT2D eigenvalue weighted by molar-refractivity contribution is 8.79. The second kappa shape index (κ2) is 19.2. The molecule has 0 aliphatic rings. The van der Waals surface area contributed by atoms with Gasteiger partial charge in [-0.25, -0.2) is 0 Å². The van der Waals surface area contributed by atoms with Gasteiger partial charge in [-0.05, 0) is 85.2 Å². The molecule has 0 saturated heterocycles. The molecule has 26 heavy (non-hydrogen) atoms. The highest BCUT2D eigenvalue weighted by atomic mass is 33.1. The minimum Gasteiger partial charge on any atom is -0.165 e. The van der Waals surface area contributed by atoms with Crippen LogP contribution < -0.4 is 0 Å². The van der Waals surface area contributed by atoms with E-state index in [0.29, 0.717) is 0 Å². The van der Waals surface area contributed by atoms with Crippen LogP contribution in [-0.4, -0.2) is 24.0 Å². The Labute approximate surface area is 181 Å². The molecule has 0 saturated carbocycles. The van der Waals surface area contributed by atoms with E-state index in [2.05, 4.69) is 52.4 Å². The third kappa shape index (κ3) is 14.0. The zero-order chi connectivity index (χ0) is 19.6. The second-order valence-electron chi connectivity index (χ2n) is 7.01. The summed E-state index contributed by atoms with van der Waals surface area (Å²) in [6.45, 7) is 9.04. The van der Waals surface area contributed by atoms with Crippen LogP contribution in [0.4, 0.5) is 0 Å². The first-order chi connectivity index (χ1) is 12.6. The van der Waals surface area contributed by atoms with Gasteiger partial charge in [-0.15, -0.1) is 0 Å².